The fourth-order valence-electron chi connectivity index (χ4n) is 4.92. The van der Waals surface area contributed by atoms with Gasteiger partial charge in [0.1, 0.15) is 0 Å². The Morgan fingerprint density at radius 1 is 0.341 bits per heavy atom. The summed E-state index contributed by atoms with van der Waals surface area (Å²) in [6.45, 7) is 14.0. The first-order valence-electron chi connectivity index (χ1n) is 17.4. The molecule has 0 aliphatic carbocycles. The SMILES string of the molecule is CCCCCCCCN(CCCCCCCC)C([Se])=[Se].CCCCCCCCN(CCCCCCCC)C([Se])=[Se].[Zn]. The Morgan fingerprint density at radius 2 is 0.512 bits per heavy atom. The second kappa shape index (κ2) is 40.1. The van der Waals surface area contributed by atoms with Crippen molar-refractivity contribution in [2.24, 2.45) is 0 Å². The molecule has 0 N–H and O–H groups in total. The van der Waals surface area contributed by atoms with Crippen molar-refractivity contribution in [3.8, 4) is 0 Å². The fraction of sp³-hybridized carbons (Fsp3) is 0.941. The summed E-state index contributed by atoms with van der Waals surface area (Å²) in [6.07, 6.45) is 33.2. The van der Waals surface area contributed by atoms with Gasteiger partial charge in [-0.1, -0.05) is 0 Å². The molecular weight excluding hydrogens is 818 g/mol. The molecule has 0 aliphatic rings. The molecule has 0 aromatic rings. The van der Waals surface area contributed by atoms with Gasteiger partial charge in [-0.15, -0.1) is 0 Å². The quantitative estimate of drug-likeness (QED) is 0.0526. The summed E-state index contributed by atoms with van der Waals surface area (Å²) in [4.78, 5) is 5.00. The molecule has 0 spiro atoms. The van der Waals surface area contributed by atoms with Gasteiger partial charge >= 0.3 is 288 Å². The number of hydrogen-bond donors (Lipinski definition) is 0. The van der Waals surface area contributed by atoms with E-state index in [4.69, 9.17) is 0 Å². The Balaban J connectivity index is -0.000000688. The molecule has 41 heavy (non-hydrogen) atoms. The molecule has 0 atom stereocenters. The van der Waals surface area contributed by atoms with E-state index < -0.39 is 0 Å². The molecule has 240 valence electrons. The average molecular weight is 886 g/mol. The standard InChI is InChI=1S/2C17H34NSe2.Zn/c2*1-3-5-7-9-11-13-15-18(17(19)20)16-14-12-10-8-6-4-2;/h2*3-16H2,1-2H3;. The molecule has 0 rings (SSSR count). The van der Waals surface area contributed by atoms with Crippen LogP contribution >= 0.6 is 0 Å². The minimum absolute atomic E-state index is 0. The molecule has 0 heterocycles. The summed E-state index contributed by atoms with van der Waals surface area (Å²) in [5.74, 6) is 0. The Bertz CT molecular complexity index is 459. The minimum Gasteiger partial charge on any atom is 0 e. The van der Waals surface area contributed by atoms with Gasteiger partial charge in [0.2, 0.25) is 0 Å². The normalized spacial score (nSPS) is 10.4. The molecule has 0 amide bonds. The first kappa shape index (κ1) is 47.4. The predicted octanol–water partition coefficient (Wildman–Crippen LogP) is 8.87. The Kier molecular flexibility index (Phi) is 46.4. The summed E-state index contributed by atoms with van der Waals surface area (Å²) < 4.78 is 2.51. The molecule has 0 aromatic heterocycles. The van der Waals surface area contributed by atoms with Crippen molar-refractivity contribution in [2.45, 2.75) is 182 Å². The maximum absolute atomic E-state index is 3.15. The largest absolute Gasteiger partial charge is 0 e. The Hall–Kier alpha value is 2.04. The van der Waals surface area contributed by atoms with Gasteiger partial charge in [0.25, 0.3) is 0 Å². The summed E-state index contributed by atoms with van der Waals surface area (Å²) in [5.41, 5.74) is 0. The number of rotatable bonds is 30. The number of unbranched alkanes of at least 4 members (excludes halogenated alkanes) is 20. The molecule has 0 fully saturated rings. The van der Waals surface area contributed by atoms with Gasteiger partial charge in [-0.25, -0.2) is 0 Å². The molecule has 0 saturated heterocycles. The summed E-state index contributed by atoms with van der Waals surface area (Å²) in [7, 11) is 0. The van der Waals surface area contributed by atoms with Crippen molar-refractivity contribution < 1.29 is 19.5 Å². The zero-order chi connectivity index (χ0) is 30.1. The number of nitrogens with zero attached hydrogens (tertiary/aromatic N) is 2. The molecule has 7 heteroatoms. The minimum atomic E-state index is 0. The third kappa shape index (κ3) is 38.1. The fourth-order valence-corrected chi connectivity index (χ4v) is 6.45. The van der Waals surface area contributed by atoms with Crippen LogP contribution in [0.4, 0.5) is 0 Å². The van der Waals surface area contributed by atoms with Crippen LogP contribution in [0.3, 0.4) is 0 Å². The topological polar surface area (TPSA) is 6.48 Å². The van der Waals surface area contributed by atoms with Crippen molar-refractivity contribution in [1.29, 1.82) is 0 Å². The van der Waals surface area contributed by atoms with E-state index in [0.717, 1.165) is 0 Å². The van der Waals surface area contributed by atoms with Gasteiger partial charge in [-0.3, -0.25) is 0 Å². The van der Waals surface area contributed by atoms with Crippen LogP contribution in [0.1, 0.15) is 182 Å². The van der Waals surface area contributed by atoms with Gasteiger partial charge < -0.3 is 0 Å². The molecule has 2 nitrogen and oxygen atoms in total. The van der Waals surface area contributed by atoms with Gasteiger partial charge in [0.05, 0.1) is 0 Å². The Morgan fingerprint density at radius 3 is 0.683 bits per heavy atom. The summed E-state index contributed by atoms with van der Waals surface area (Å²) >= 11 is 12.6. The van der Waals surface area contributed by atoms with Crippen molar-refractivity contribution in [3.63, 3.8) is 0 Å². The number of hydrogen-bond acceptors (Lipinski definition) is 2. The van der Waals surface area contributed by atoms with E-state index in [1.54, 1.807) is 0 Å². The first-order chi connectivity index (χ1) is 19.4. The molecule has 0 unspecified atom stereocenters. The van der Waals surface area contributed by atoms with Crippen molar-refractivity contribution >= 4 is 70.1 Å². The van der Waals surface area contributed by atoms with Gasteiger partial charge in [-0.2, -0.15) is 0 Å². The van der Waals surface area contributed by atoms with Gasteiger partial charge in [0.15, 0.2) is 0 Å². The van der Waals surface area contributed by atoms with Crippen LogP contribution < -0.4 is 0 Å². The van der Waals surface area contributed by atoms with Gasteiger partial charge in [-0.05, 0) is 0 Å². The van der Waals surface area contributed by atoms with Crippen LogP contribution in [0.2, 0.25) is 0 Å². The molecule has 0 aliphatic heterocycles. The maximum atomic E-state index is 3.15. The monoisotopic (exact) mass is 888 g/mol. The van der Waals surface area contributed by atoms with E-state index in [1.807, 2.05) is 0 Å². The van der Waals surface area contributed by atoms with E-state index in [1.165, 1.54) is 187 Å². The zero-order valence-electron chi connectivity index (χ0n) is 28.0. The predicted molar refractivity (Wildman–Crippen MR) is 190 cm³/mol. The molecule has 2 radical (unpaired) electrons. The Labute approximate surface area is 304 Å². The van der Waals surface area contributed by atoms with Crippen molar-refractivity contribution in [2.75, 3.05) is 26.2 Å². The average Bonchev–Trinajstić information content (AvgIpc) is 2.93. The van der Waals surface area contributed by atoms with Crippen LogP contribution in [0, 0.1) is 0 Å². The summed E-state index contributed by atoms with van der Waals surface area (Å²) in [6, 6.07) is 0. The van der Waals surface area contributed by atoms with Crippen LogP contribution in [0.5, 0.6) is 0 Å². The third-order valence-electron chi connectivity index (χ3n) is 7.64. The van der Waals surface area contributed by atoms with Crippen LogP contribution in [-0.2, 0) is 19.5 Å². The smallest absolute Gasteiger partial charge is 0 e. The van der Waals surface area contributed by atoms with Crippen LogP contribution in [-0.4, -0.2) is 106 Å². The van der Waals surface area contributed by atoms with E-state index in [2.05, 4.69) is 101 Å². The van der Waals surface area contributed by atoms with E-state index >= 15 is 0 Å². The van der Waals surface area contributed by atoms with Gasteiger partial charge in [0, 0.05) is 19.5 Å². The maximum Gasteiger partial charge on any atom is 0 e. The summed E-state index contributed by atoms with van der Waals surface area (Å²) in [5, 5.41) is 0. The second-order valence-electron chi connectivity index (χ2n) is 11.6. The van der Waals surface area contributed by atoms with Crippen LogP contribution in [0.15, 0.2) is 0 Å². The molecular formula is C34H68N2Se4Zn. The van der Waals surface area contributed by atoms with Crippen molar-refractivity contribution in [1.82, 2.24) is 9.80 Å². The van der Waals surface area contributed by atoms with Crippen LogP contribution in [0.25, 0.3) is 0 Å². The molecule has 0 saturated carbocycles. The first-order valence-corrected chi connectivity index (χ1v) is 20.8. The van der Waals surface area contributed by atoms with E-state index in [9.17, 15) is 0 Å². The third-order valence-corrected chi connectivity index (χ3v) is 9.81. The van der Waals surface area contributed by atoms with E-state index in [-0.39, 0.29) is 19.5 Å². The van der Waals surface area contributed by atoms with E-state index in [0.29, 0.717) is 0 Å². The zero-order valence-corrected chi connectivity index (χ0v) is 37.9. The second-order valence-corrected chi connectivity index (χ2v) is 17.4. The molecule has 0 aromatic carbocycles. The molecule has 0 bridgehead atoms. The van der Waals surface area contributed by atoms with Crippen molar-refractivity contribution in [3.05, 3.63) is 0 Å².